The van der Waals surface area contributed by atoms with E-state index in [4.69, 9.17) is 13.9 Å². The molecule has 0 saturated carbocycles. The largest absolute Gasteiger partial charge is 0.458 e. The van der Waals surface area contributed by atoms with E-state index in [0.29, 0.717) is 0 Å². The first-order valence-corrected chi connectivity index (χ1v) is 18.4. The van der Waals surface area contributed by atoms with Gasteiger partial charge in [0.2, 0.25) is 0 Å². The molecular formula is C49H32BNO3. The van der Waals surface area contributed by atoms with E-state index in [-0.39, 0.29) is 6.71 Å². The zero-order valence-electron chi connectivity index (χ0n) is 29.5. The highest BCUT2D eigenvalue weighted by Gasteiger charge is 2.41. The van der Waals surface area contributed by atoms with E-state index >= 15 is 0 Å². The van der Waals surface area contributed by atoms with Crippen LogP contribution in [0.1, 0.15) is 5.56 Å². The molecule has 0 atom stereocenters. The van der Waals surface area contributed by atoms with E-state index in [1.54, 1.807) is 0 Å². The van der Waals surface area contributed by atoms with Crippen molar-refractivity contribution in [1.29, 1.82) is 0 Å². The van der Waals surface area contributed by atoms with E-state index in [1.807, 2.05) is 24.3 Å². The second-order valence-electron chi connectivity index (χ2n) is 14.1. The van der Waals surface area contributed by atoms with Crippen molar-refractivity contribution in [1.82, 2.24) is 0 Å². The Kier molecular flexibility index (Phi) is 6.83. The van der Waals surface area contributed by atoms with Gasteiger partial charge in [-0.25, -0.2) is 0 Å². The fraction of sp³-hybridized carbons (Fsp3) is 0.0204. The van der Waals surface area contributed by atoms with Gasteiger partial charge in [-0.05, 0) is 76.0 Å². The van der Waals surface area contributed by atoms with Gasteiger partial charge in [-0.15, -0.1) is 0 Å². The van der Waals surface area contributed by atoms with Gasteiger partial charge in [0.25, 0.3) is 6.71 Å². The third-order valence-electron chi connectivity index (χ3n) is 10.9. The quantitative estimate of drug-likeness (QED) is 0.168. The molecule has 0 amide bonds. The standard InChI is InChI=1S/C49H32BNO3/c1-31-13-8-10-20-41(31)51(42-21-12-19-38-37-18-9-11-22-43(37)54-49(38)42)36-29-46-48-47(30-36)53-45-28-35(33-16-6-3-7-17-33)24-26-40(45)50(48)39-25-23-34(27-44(39)52-46)32-14-4-2-5-15-32/h2-30H,1H3. The number of benzene rings is 8. The minimum absolute atomic E-state index is 0.0723. The van der Waals surface area contributed by atoms with E-state index in [2.05, 4.69) is 163 Å². The van der Waals surface area contributed by atoms with Crippen LogP contribution < -0.4 is 30.8 Å². The first kappa shape index (κ1) is 30.6. The molecule has 0 bridgehead atoms. The highest BCUT2D eigenvalue weighted by molar-refractivity contribution is 6.98. The van der Waals surface area contributed by atoms with Crippen LogP contribution in [0.5, 0.6) is 23.0 Å². The van der Waals surface area contributed by atoms with Crippen LogP contribution >= 0.6 is 0 Å². The lowest BCUT2D eigenvalue weighted by Crippen LogP contribution is -2.57. The van der Waals surface area contributed by atoms with Gasteiger partial charge in [-0.3, -0.25) is 0 Å². The molecule has 54 heavy (non-hydrogen) atoms. The van der Waals surface area contributed by atoms with Crippen molar-refractivity contribution in [3.05, 3.63) is 181 Å². The average Bonchev–Trinajstić information content (AvgIpc) is 3.61. The van der Waals surface area contributed by atoms with Gasteiger partial charge in [0.15, 0.2) is 5.58 Å². The molecule has 254 valence electrons. The first-order chi connectivity index (χ1) is 26.7. The molecule has 8 aromatic carbocycles. The lowest BCUT2D eigenvalue weighted by Gasteiger charge is -2.35. The van der Waals surface area contributed by atoms with Crippen LogP contribution in [0.2, 0.25) is 0 Å². The lowest BCUT2D eigenvalue weighted by atomic mass is 9.34. The lowest BCUT2D eigenvalue weighted by molar-refractivity contribution is 0.465. The Morgan fingerprint density at radius 1 is 0.444 bits per heavy atom. The van der Waals surface area contributed by atoms with Crippen LogP contribution in [0.15, 0.2) is 180 Å². The number of fused-ring (bicyclic) bond motifs is 7. The number of aryl methyl sites for hydroxylation is 1. The SMILES string of the molecule is Cc1ccccc1N(c1cc2c3c(c1)Oc1cc(-c4ccccc4)ccc1B3c1ccc(-c3ccccc3)cc1O2)c1cccc2c1oc1ccccc12. The number of ether oxygens (including phenoxy) is 2. The molecule has 9 aromatic rings. The van der Waals surface area contributed by atoms with E-state index in [1.165, 1.54) is 0 Å². The monoisotopic (exact) mass is 693 g/mol. The number of rotatable bonds is 5. The highest BCUT2D eigenvalue weighted by atomic mass is 16.5. The van der Waals surface area contributed by atoms with Gasteiger partial charge in [0, 0.05) is 34.1 Å². The highest BCUT2D eigenvalue weighted by Crippen LogP contribution is 2.47. The van der Waals surface area contributed by atoms with Gasteiger partial charge in [0.1, 0.15) is 28.6 Å². The van der Waals surface area contributed by atoms with Crippen molar-refractivity contribution >= 4 is 62.1 Å². The van der Waals surface area contributed by atoms with Crippen LogP contribution in [0, 0.1) is 6.92 Å². The second-order valence-corrected chi connectivity index (χ2v) is 14.1. The zero-order chi connectivity index (χ0) is 35.8. The van der Waals surface area contributed by atoms with Gasteiger partial charge in [-0.1, -0.05) is 133 Å². The molecule has 0 unspecified atom stereocenters. The Balaban J connectivity index is 1.15. The summed E-state index contributed by atoms with van der Waals surface area (Å²) < 4.78 is 20.6. The summed E-state index contributed by atoms with van der Waals surface area (Å²) in [5.74, 6) is 3.24. The molecule has 0 aliphatic carbocycles. The molecule has 1 aromatic heterocycles. The Bertz CT molecular complexity index is 2800. The maximum Gasteiger partial charge on any atom is 0.260 e. The van der Waals surface area contributed by atoms with Gasteiger partial charge in [0.05, 0.1) is 11.4 Å². The maximum absolute atomic E-state index is 6.99. The predicted octanol–water partition coefficient (Wildman–Crippen LogP) is 11.4. The van der Waals surface area contributed by atoms with E-state index < -0.39 is 0 Å². The molecule has 5 heteroatoms. The Morgan fingerprint density at radius 2 is 1.00 bits per heavy atom. The maximum atomic E-state index is 6.99. The molecule has 4 nitrogen and oxygen atoms in total. The molecule has 0 saturated heterocycles. The summed E-state index contributed by atoms with van der Waals surface area (Å²) >= 11 is 0. The molecule has 11 rings (SSSR count). The third kappa shape index (κ3) is 4.79. The molecule has 0 N–H and O–H groups in total. The summed E-state index contributed by atoms with van der Waals surface area (Å²) in [5.41, 5.74) is 13.5. The van der Waals surface area contributed by atoms with Gasteiger partial charge in [-0.2, -0.15) is 0 Å². The van der Waals surface area contributed by atoms with Crippen molar-refractivity contribution in [2.24, 2.45) is 0 Å². The molecule has 0 fully saturated rings. The zero-order valence-corrected chi connectivity index (χ0v) is 29.5. The Morgan fingerprint density at radius 3 is 1.65 bits per heavy atom. The molecular weight excluding hydrogens is 661 g/mol. The smallest absolute Gasteiger partial charge is 0.260 e. The fourth-order valence-corrected chi connectivity index (χ4v) is 8.36. The first-order valence-electron chi connectivity index (χ1n) is 18.4. The fourth-order valence-electron chi connectivity index (χ4n) is 8.36. The Hall–Kier alpha value is -6.98. The normalized spacial score (nSPS) is 12.4. The molecule has 2 aliphatic rings. The molecule has 2 aliphatic heterocycles. The van der Waals surface area contributed by atoms with Crippen molar-refractivity contribution in [3.63, 3.8) is 0 Å². The van der Waals surface area contributed by atoms with Crippen molar-refractivity contribution in [2.75, 3.05) is 4.90 Å². The molecule has 0 radical (unpaired) electrons. The predicted molar refractivity (Wildman–Crippen MR) is 222 cm³/mol. The number of para-hydroxylation sites is 3. The van der Waals surface area contributed by atoms with E-state index in [9.17, 15) is 0 Å². The summed E-state index contributed by atoms with van der Waals surface area (Å²) in [5, 5.41) is 2.16. The van der Waals surface area contributed by atoms with Crippen LogP contribution in [0.3, 0.4) is 0 Å². The summed E-state index contributed by atoms with van der Waals surface area (Å²) in [6.45, 7) is 2.08. The van der Waals surface area contributed by atoms with Crippen molar-refractivity contribution in [3.8, 4) is 45.3 Å². The minimum Gasteiger partial charge on any atom is -0.458 e. The van der Waals surface area contributed by atoms with Crippen LogP contribution in [-0.4, -0.2) is 6.71 Å². The average molecular weight is 694 g/mol. The molecule has 3 heterocycles. The van der Waals surface area contributed by atoms with Crippen LogP contribution in [0.25, 0.3) is 44.2 Å². The van der Waals surface area contributed by atoms with Crippen molar-refractivity contribution < 1.29 is 13.9 Å². The second kappa shape index (κ2) is 12.0. The number of anilines is 3. The number of hydrogen-bond acceptors (Lipinski definition) is 4. The topological polar surface area (TPSA) is 34.8 Å². The van der Waals surface area contributed by atoms with Crippen molar-refractivity contribution in [2.45, 2.75) is 6.92 Å². The summed E-state index contributed by atoms with van der Waals surface area (Å²) in [4.78, 5) is 2.28. The summed E-state index contributed by atoms with van der Waals surface area (Å²) in [6.07, 6.45) is 0. The summed E-state index contributed by atoms with van der Waals surface area (Å²) in [6, 6.07) is 61.6. The number of furan rings is 1. The third-order valence-corrected chi connectivity index (χ3v) is 10.9. The number of hydrogen-bond donors (Lipinski definition) is 0. The van der Waals surface area contributed by atoms with E-state index in [0.717, 1.165) is 106 Å². The Labute approximate surface area is 313 Å². The minimum atomic E-state index is -0.0723. The molecule has 0 spiro atoms. The van der Waals surface area contributed by atoms with Gasteiger partial charge >= 0.3 is 0 Å². The van der Waals surface area contributed by atoms with Gasteiger partial charge < -0.3 is 18.8 Å². The van der Waals surface area contributed by atoms with Crippen LogP contribution in [0.4, 0.5) is 17.1 Å². The van der Waals surface area contributed by atoms with Crippen LogP contribution in [-0.2, 0) is 0 Å². The summed E-state index contributed by atoms with van der Waals surface area (Å²) in [7, 11) is 0. The number of nitrogens with zero attached hydrogens (tertiary/aromatic N) is 1.